The first kappa shape index (κ1) is 23.4. The largest absolute Gasteiger partial charge is 0.393 e. The number of halogens is 2. The predicted octanol–water partition coefficient (Wildman–Crippen LogP) is 5.97. The van der Waals surface area contributed by atoms with Gasteiger partial charge in [0.15, 0.2) is 5.12 Å². The third-order valence-corrected chi connectivity index (χ3v) is 10.7. The van der Waals surface area contributed by atoms with Gasteiger partial charge in [-0.15, -0.1) is 0 Å². The molecule has 7 heteroatoms. The highest BCUT2D eigenvalue weighted by Gasteiger charge is 2.63. The van der Waals surface area contributed by atoms with E-state index in [1.807, 2.05) is 10.9 Å². The minimum absolute atomic E-state index is 0.0405. The van der Waals surface area contributed by atoms with Gasteiger partial charge in [0.05, 0.1) is 23.7 Å². The Morgan fingerprint density at radius 1 is 1.23 bits per heavy atom. The summed E-state index contributed by atoms with van der Waals surface area (Å²) in [6.07, 6.45) is 8.84. The molecule has 0 saturated heterocycles. The van der Waals surface area contributed by atoms with Crippen LogP contribution in [0.25, 0.3) is 11.8 Å². The van der Waals surface area contributed by atoms with Crippen molar-refractivity contribution in [2.24, 2.45) is 34.5 Å². The normalized spacial score (nSPS) is 37.6. The van der Waals surface area contributed by atoms with Crippen molar-refractivity contribution in [2.45, 2.75) is 58.5 Å². The van der Waals surface area contributed by atoms with Crippen LogP contribution in [0, 0.1) is 40.3 Å². The first-order valence-corrected chi connectivity index (χ1v) is 13.7. The number of aliphatic hydroxyl groups is 1. The molecule has 0 amide bonds. The lowest BCUT2D eigenvalue weighted by Crippen LogP contribution is -2.57. The van der Waals surface area contributed by atoms with Crippen LogP contribution >= 0.6 is 11.8 Å². The number of hydrogen-bond donors (Lipinski definition) is 1. The van der Waals surface area contributed by atoms with Crippen molar-refractivity contribution < 1.29 is 18.7 Å². The van der Waals surface area contributed by atoms with Gasteiger partial charge in [0, 0.05) is 5.92 Å². The zero-order valence-corrected chi connectivity index (χ0v) is 21.0. The van der Waals surface area contributed by atoms with Gasteiger partial charge >= 0.3 is 0 Å². The van der Waals surface area contributed by atoms with Crippen molar-refractivity contribution in [3.8, 4) is 5.69 Å². The lowest BCUT2D eigenvalue weighted by Gasteiger charge is -2.59. The topological polar surface area (TPSA) is 55.1 Å². The van der Waals surface area contributed by atoms with E-state index < -0.39 is 12.1 Å². The lowest BCUT2D eigenvalue weighted by molar-refractivity contribution is -0.136. The van der Waals surface area contributed by atoms with Crippen molar-refractivity contribution in [3.05, 3.63) is 53.1 Å². The van der Waals surface area contributed by atoms with E-state index in [0.29, 0.717) is 18.3 Å². The van der Waals surface area contributed by atoms with Crippen LogP contribution < -0.4 is 0 Å². The van der Waals surface area contributed by atoms with Gasteiger partial charge < -0.3 is 5.11 Å². The number of aliphatic hydroxyl groups excluding tert-OH is 1. The minimum Gasteiger partial charge on any atom is -0.393 e. The van der Waals surface area contributed by atoms with Gasteiger partial charge in [0.2, 0.25) is 0 Å². The molecular weight excluding hydrogens is 466 g/mol. The Balaban J connectivity index is 1.33. The summed E-state index contributed by atoms with van der Waals surface area (Å²) < 4.78 is 28.3. The molecular formula is C28H32F2N2O2S. The van der Waals surface area contributed by atoms with E-state index in [9.17, 15) is 18.7 Å². The van der Waals surface area contributed by atoms with Gasteiger partial charge in [-0.1, -0.05) is 31.2 Å². The maximum atomic E-state index is 13.5. The number of hydrogen-bond acceptors (Lipinski definition) is 4. The number of nitrogens with zero attached hydrogens (tertiary/aromatic N) is 2. The van der Waals surface area contributed by atoms with Crippen LogP contribution in [0.1, 0.15) is 57.2 Å². The fourth-order valence-corrected chi connectivity index (χ4v) is 9.21. The van der Waals surface area contributed by atoms with Gasteiger partial charge in [-0.3, -0.25) is 4.79 Å². The lowest BCUT2D eigenvalue weighted by atomic mass is 9.46. The minimum atomic E-state index is -0.676. The highest BCUT2D eigenvalue weighted by Crippen LogP contribution is 2.67. The Kier molecular flexibility index (Phi) is 5.53. The van der Waals surface area contributed by atoms with Gasteiger partial charge in [0.25, 0.3) is 0 Å². The summed E-state index contributed by atoms with van der Waals surface area (Å²) in [5, 5.41) is 16.2. The zero-order valence-electron chi connectivity index (χ0n) is 20.2. The van der Waals surface area contributed by atoms with Crippen LogP contribution in [0.4, 0.5) is 8.78 Å². The molecule has 0 radical (unpaired) electrons. The smallest absolute Gasteiger partial charge is 0.195 e. The molecule has 186 valence electrons. The van der Waals surface area contributed by atoms with Crippen LogP contribution in [0.2, 0.25) is 0 Å². The second-order valence-corrected chi connectivity index (χ2v) is 12.4. The summed E-state index contributed by atoms with van der Waals surface area (Å²) in [6.45, 7) is 4.47. The van der Waals surface area contributed by atoms with E-state index in [0.717, 1.165) is 60.8 Å². The number of thioether (sulfide) groups is 1. The molecule has 1 unspecified atom stereocenters. The molecule has 3 fully saturated rings. The van der Waals surface area contributed by atoms with Crippen LogP contribution in [0.3, 0.4) is 0 Å². The standard InChI is InChI=1S/C28H32F2N2O2S/c1-27-12-16-14-31-32(19-6-4-18(30)5-7-19)23(16)11-17(27)3-8-20-21-9-10-22(26(34)35-15-29)28(21,2)13-24(33)25(20)27/h4-7,11,14,20-22,24-25,33H,3,8-10,12-13,15H2,1-2H3/t20-,21-,22?,24-,25+,27-,28+/m0/s1. The summed E-state index contributed by atoms with van der Waals surface area (Å²) in [6, 6.07) is 5.73. The Morgan fingerprint density at radius 2 is 2.00 bits per heavy atom. The summed E-state index contributed by atoms with van der Waals surface area (Å²) >= 11 is 0.798. The molecule has 4 aliphatic carbocycles. The highest BCUT2D eigenvalue weighted by atomic mass is 32.2. The predicted molar refractivity (Wildman–Crippen MR) is 133 cm³/mol. The fourth-order valence-electron chi connectivity index (χ4n) is 8.51. The van der Waals surface area contributed by atoms with Crippen molar-refractivity contribution in [1.82, 2.24) is 9.78 Å². The quantitative estimate of drug-likeness (QED) is 0.567. The molecule has 1 N–H and O–H groups in total. The van der Waals surface area contributed by atoms with Gasteiger partial charge in [-0.25, -0.2) is 13.5 Å². The zero-order chi connectivity index (χ0) is 24.5. The molecule has 0 aliphatic heterocycles. The molecule has 0 bridgehead atoms. The first-order valence-electron chi connectivity index (χ1n) is 12.7. The van der Waals surface area contributed by atoms with E-state index in [4.69, 9.17) is 0 Å². The molecule has 1 heterocycles. The molecule has 7 atom stereocenters. The van der Waals surface area contributed by atoms with E-state index in [1.165, 1.54) is 17.7 Å². The Morgan fingerprint density at radius 3 is 2.74 bits per heavy atom. The van der Waals surface area contributed by atoms with Gasteiger partial charge in [-0.2, -0.15) is 5.10 Å². The van der Waals surface area contributed by atoms with Crippen LogP contribution in [-0.2, 0) is 11.2 Å². The number of allylic oxidation sites excluding steroid dienone is 1. The maximum absolute atomic E-state index is 13.5. The fraction of sp³-hybridized carbons (Fsp3) is 0.571. The SMILES string of the molecule is C[C@]12Cc3cnn(-c4ccc(F)cc4)c3C=C1CC[C@@H]1[C@@H]2[C@@H](O)C[C@@]2(C)C(C(=O)SCF)CC[C@@H]12. The second-order valence-electron chi connectivity index (χ2n) is 11.5. The molecule has 1 aromatic heterocycles. The molecule has 2 aromatic rings. The number of aromatic nitrogens is 2. The number of carbonyl (C=O) groups is 1. The van der Waals surface area contributed by atoms with Gasteiger partial charge in [-0.05, 0) is 103 Å². The molecule has 4 aliphatic rings. The third-order valence-electron chi connectivity index (χ3n) is 9.97. The van der Waals surface area contributed by atoms with Gasteiger partial charge in [0.1, 0.15) is 11.8 Å². The Bertz CT molecular complexity index is 1190. The van der Waals surface area contributed by atoms with Crippen molar-refractivity contribution >= 4 is 23.0 Å². The molecule has 4 nitrogen and oxygen atoms in total. The molecule has 35 heavy (non-hydrogen) atoms. The third kappa shape index (κ3) is 3.41. The first-order chi connectivity index (χ1) is 16.8. The maximum Gasteiger partial charge on any atom is 0.195 e. The average Bonchev–Trinajstić information content (AvgIpc) is 3.37. The monoisotopic (exact) mass is 498 g/mol. The van der Waals surface area contributed by atoms with Crippen LogP contribution in [0.5, 0.6) is 0 Å². The molecule has 6 rings (SSSR count). The van der Waals surface area contributed by atoms with Crippen molar-refractivity contribution in [2.75, 3.05) is 6.01 Å². The Labute approximate surface area is 209 Å². The summed E-state index contributed by atoms with van der Waals surface area (Å²) in [5.41, 5.74) is 3.97. The number of rotatable bonds is 3. The van der Waals surface area contributed by atoms with Crippen molar-refractivity contribution in [1.29, 1.82) is 0 Å². The number of carbonyl (C=O) groups excluding carboxylic acids is 1. The van der Waals surface area contributed by atoms with E-state index >= 15 is 0 Å². The van der Waals surface area contributed by atoms with E-state index in [2.05, 4.69) is 25.0 Å². The average molecular weight is 499 g/mol. The number of alkyl halides is 1. The summed E-state index contributed by atoms with van der Waals surface area (Å²) in [5.74, 6) is 0.432. The summed E-state index contributed by atoms with van der Waals surface area (Å²) in [7, 11) is 0. The second kappa shape index (κ2) is 8.27. The van der Waals surface area contributed by atoms with Crippen LogP contribution in [-0.4, -0.2) is 32.1 Å². The van der Waals surface area contributed by atoms with Crippen molar-refractivity contribution in [3.63, 3.8) is 0 Å². The number of fused-ring (bicyclic) bond motifs is 6. The summed E-state index contributed by atoms with van der Waals surface area (Å²) in [4.78, 5) is 12.7. The number of benzene rings is 1. The van der Waals surface area contributed by atoms with Crippen LogP contribution in [0.15, 0.2) is 36.0 Å². The molecule has 3 saturated carbocycles. The van der Waals surface area contributed by atoms with E-state index in [1.54, 1.807) is 12.1 Å². The highest BCUT2D eigenvalue weighted by molar-refractivity contribution is 8.13. The Hall–Kier alpha value is -1.99. The van der Waals surface area contributed by atoms with E-state index in [-0.39, 0.29) is 33.6 Å². The molecule has 0 spiro atoms. The molecule has 1 aromatic carbocycles.